The number of hydrogen-bond donors (Lipinski definition) is 1. The highest BCUT2D eigenvalue weighted by Gasteiger charge is 2.25. The molecule has 9 aromatic rings. The molecule has 0 saturated carbocycles. The Hall–Kier alpha value is -6.46. The van der Waals surface area contributed by atoms with Gasteiger partial charge in [0.15, 0.2) is 5.84 Å². The lowest BCUT2D eigenvalue weighted by atomic mass is 9.98. The van der Waals surface area contributed by atoms with Gasteiger partial charge in [-0.25, -0.2) is 9.98 Å². The van der Waals surface area contributed by atoms with Gasteiger partial charge >= 0.3 is 0 Å². The molecule has 1 unspecified atom stereocenters. The van der Waals surface area contributed by atoms with Gasteiger partial charge in [0.05, 0.1) is 0 Å². The highest BCUT2D eigenvalue weighted by Crippen LogP contribution is 2.42. The number of aliphatic imine (C=N–C) groups is 2. The third-order valence-corrected chi connectivity index (χ3v) is 9.34. The largest absolute Gasteiger partial charge is 0.455 e. The van der Waals surface area contributed by atoms with Crippen LogP contribution in [0.3, 0.4) is 0 Å². The summed E-state index contributed by atoms with van der Waals surface area (Å²) in [6.07, 6.45) is -0.310. The molecule has 0 saturated heterocycles. The second kappa shape index (κ2) is 10.5. The van der Waals surface area contributed by atoms with Crippen LogP contribution < -0.4 is 5.32 Å². The molecule has 1 aliphatic heterocycles. The molecular weight excluding hydrogens is 590 g/mol. The van der Waals surface area contributed by atoms with Crippen molar-refractivity contribution in [3.8, 4) is 11.1 Å². The van der Waals surface area contributed by atoms with Crippen LogP contribution in [0.15, 0.2) is 170 Å². The molecule has 1 N–H and O–H groups in total. The van der Waals surface area contributed by atoms with E-state index in [1.165, 1.54) is 5.39 Å². The van der Waals surface area contributed by atoms with Crippen LogP contribution in [0.1, 0.15) is 22.9 Å². The fraction of sp³-hybridized carbons (Fsp3) is 0.0233. The van der Waals surface area contributed by atoms with Crippen molar-refractivity contribution in [1.82, 2.24) is 5.32 Å². The fourth-order valence-corrected chi connectivity index (χ4v) is 7.06. The standard InChI is InChI=1S/C43H27N3O2/c1-2-12-27(13-3-1)41-44-42(29-24-23-26-11-4-5-14-28(26)25-29)46-43(45-41)35-20-10-22-37-38(35)34-19-9-18-33(40(34)48-37)32-17-8-16-31-30-15-6-7-21-36(30)47-39(31)32/h1-25,41H,(H,44,45,46). The van der Waals surface area contributed by atoms with E-state index in [-0.39, 0.29) is 6.17 Å². The van der Waals surface area contributed by atoms with Gasteiger partial charge in [0.1, 0.15) is 34.3 Å². The van der Waals surface area contributed by atoms with E-state index in [1.807, 2.05) is 48.5 Å². The van der Waals surface area contributed by atoms with Crippen LogP contribution in [0, 0.1) is 0 Å². The molecule has 2 aromatic heterocycles. The van der Waals surface area contributed by atoms with Crippen LogP contribution in [-0.2, 0) is 0 Å². The molecule has 0 bridgehead atoms. The molecule has 0 aliphatic carbocycles. The number of para-hydroxylation sites is 3. The van der Waals surface area contributed by atoms with Crippen LogP contribution >= 0.6 is 0 Å². The van der Waals surface area contributed by atoms with Gasteiger partial charge in [-0.15, -0.1) is 0 Å². The van der Waals surface area contributed by atoms with Crippen molar-refractivity contribution in [2.24, 2.45) is 9.98 Å². The molecule has 1 aliphatic rings. The van der Waals surface area contributed by atoms with Crippen molar-refractivity contribution in [1.29, 1.82) is 0 Å². The van der Waals surface area contributed by atoms with Gasteiger partial charge in [0.2, 0.25) is 0 Å². The number of nitrogens with zero attached hydrogens (tertiary/aromatic N) is 2. The van der Waals surface area contributed by atoms with Crippen LogP contribution in [0.5, 0.6) is 0 Å². The Morgan fingerprint density at radius 2 is 1.15 bits per heavy atom. The molecular formula is C43H27N3O2. The van der Waals surface area contributed by atoms with Crippen LogP contribution in [-0.4, -0.2) is 11.7 Å². The normalized spacial score (nSPS) is 14.9. The first-order valence-corrected chi connectivity index (χ1v) is 16.1. The molecule has 226 valence electrons. The first-order chi connectivity index (χ1) is 23.8. The summed E-state index contributed by atoms with van der Waals surface area (Å²) < 4.78 is 13.1. The second-order valence-electron chi connectivity index (χ2n) is 12.2. The van der Waals surface area contributed by atoms with Crippen LogP contribution in [0.4, 0.5) is 0 Å². The summed E-state index contributed by atoms with van der Waals surface area (Å²) in [7, 11) is 0. The Labute approximate surface area is 275 Å². The van der Waals surface area contributed by atoms with Crippen molar-refractivity contribution in [3.63, 3.8) is 0 Å². The van der Waals surface area contributed by atoms with Gasteiger partial charge in [0.25, 0.3) is 0 Å². The fourth-order valence-electron chi connectivity index (χ4n) is 7.06. The average molecular weight is 618 g/mol. The lowest BCUT2D eigenvalue weighted by Crippen LogP contribution is -2.33. The number of fused-ring (bicyclic) bond motifs is 7. The smallest absolute Gasteiger partial charge is 0.160 e. The van der Waals surface area contributed by atoms with Gasteiger partial charge in [-0.2, -0.15) is 0 Å². The molecule has 48 heavy (non-hydrogen) atoms. The summed E-state index contributed by atoms with van der Waals surface area (Å²) in [5.74, 6) is 1.44. The van der Waals surface area contributed by atoms with Crippen LogP contribution in [0.25, 0.3) is 65.8 Å². The number of furan rings is 2. The number of benzene rings is 7. The molecule has 5 heteroatoms. The number of hydrogen-bond acceptors (Lipinski definition) is 5. The number of amidine groups is 2. The SMILES string of the molecule is c1ccc(C2N=C(c3cccc4oc5c(-c6cccc7c6oc6ccccc67)cccc5c34)N=C(c3ccc4ccccc4c3)N2)cc1. The second-order valence-corrected chi connectivity index (χ2v) is 12.2. The first-order valence-electron chi connectivity index (χ1n) is 16.1. The Bertz CT molecular complexity index is 2770. The zero-order valence-electron chi connectivity index (χ0n) is 25.7. The maximum atomic E-state index is 6.70. The monoisotopic (exact) mass is 617 g/mol. The molecule has 10 rings (SSSR count). The number of nitrogens with one attached hydrogen (secondary N) is 1. The Kier molecular flexibility index (Phi) is 5.87. The topological polar surface area (TPSA) is 63.0 Å². The molecule has 1 atom stereocenters. The van der Waals surface area contributed by atoms with Crippen molar-refractivity contribution in [2.75, 3.05) is 0 Å². The van der Waals surface area contributed by atoms with Crippen LogP contribution in [0.2, 0.25) is 0 Å². The summed E-state index contributed by atoms with van der Waals surface area (Å²) in [5.41, 5.74) is 8.28. The minimum atomic E-state index is -0.310. The van der Waals surface area contributed by atoms with Crippen molar-refractivity contribution in [2.45, 2.75) is 6.17 Å². The highest BCUT2D eigenvalue weighted by atomic mass is 16.3. The molecule has 0 radical (unpaired) electrons. The van der Waals surface area contributed by atoms with Crippen molar-refractivity contribution < 1.29 is 8.83 Å². The average Bonchev–Trinajstić information content (AvgIpc) is 3.74. The predicted molar refractivity (Wildman–Crippen MR) is 196 cm³/mol. The Morgan fingerprint density at radius 3 is 2.02 bits per heavy atom. The van der Waals surface area contributed by atoms with Gasteiger partial charge < -0.3 is 14.2 Å². The molecule has 0 amide bonds. The van der Waals surface area contributed by atoms with E-state index in [9.17, 15) is 0 Å². The first kappa shape index (κ1) is 26.7. The molecule has 3 heterocycles. The summed E-state index contributed by atoms with van der Waals surface area (Å²) in [5, 5.41) is 10.1. The van der Waals surface area contributed by atoms with E-state index in [0.29, 0.717) is 5.84 Å². The summed E-state index contributed by atoms with van der Waals surface area (Å²) in [6, 6.07) is 52.1. The van der Waals surface area contributed by atoms with E-state index in [0.717, 1.165) is 82.9 Å². The maximum Gasteiger partial charge on any atom is 0.160 e. The zero-order chi connectivity index (χ0) is 31.6. The Morgan fingerprint density at radius 1 is 0.500 bits per heavy atom. The predicted octanol–water partition coefficient (Wildman–Crippen LogP) is 10.8. The third kappa shape index (κ3) is 4.18. The van der Waals surface area contributed by atoms with Gasteiger partial charge in [-0.3, -0.25) is 0 Å². The van der Waals surface area contributed by atoms with Gasteiger partial charge in [0, 0.05) is 43.8 Å². The Balaban J connectivity index is 1.18. The lowest BCUT2D eigenvalue weighted by Gasteiger charge is -2.24. The minimum Gasteiger partial charge on any atom is -0.455 e. The molecule has 5 nitrogen and oxygen atoms in total. The maximum absolute atomic E-state index is 6.70. The van der Waals surface area contributed by atoms with E-state index < -0.39 is 0 Å². The number of rotatable bonds is 4. The van der Waals surface area contributed by atoms with E-state index in [4.69, 9.17) is 18.8 Å². The zero-order valence-corrected chi connectivity index (χ0v) is 25.7. The highest BCUT2D eigenvalue weighted by molar-refractivity contribution is 6.23. The van der Waals surface area contributed by atoms with Gasteiger partial charge in [-0.05, 0) is 34.5 Å². The third-order valence-electron chi connectivity index (χ3n) is 9.34. The van der Waals surface area contributed by atoms with E-state index >= 15 is 0 Å². The van der Waals surface area contributed by atoms with Crippen molar-refractivity contribution >= 4 is 66.3 Å². The van der Waals surface area contributed by atoms with E-state index in [1.54, 1.807) is 0 Å². The molecule has 0 fully saturated rings. The summed E-state index contributed by atoms with van der Waals surface area (Å²) in [6.45, 7) is 0. The quantitative estimate of drug-likeness (QED) is 0.214. The van der Waals surface area contributed by atoms with E-state index in [2.05, 4.69) is 108 Å². The van der Waals surface area contributed by atoms with Gasteiger partial charge in [-0.1, -0.05) is 133 Å². The van der Waals surface area contributed by atoms with Crippen molar-refractivity contribution in [3.05, 3.63) is 168 Å². The lowest BCUT2D eigenvalue weighted by molar-refractivity contribution is 0.665. The molecule has 0 spiro atoms. The summed E-state index contributed by atoms with van der Waals surface area (Å²) in [4.78, 5) is 10.4. The minimum absolute atomic E-state index is 0.310. The molecule has 7 aromatic carbocycles. The summed E-state index contributed by atoms with van der Waals surface area (Å²) >= 11 is 0.